The minimum absolute atomic E-state index is 0.132. The Morgan fingerprint density at radius 1 is 0.962 bits per heavy atom. The van der Waals surface area contributed by atoms with Crippen molar-refractivity contribution in [3.05, 3.63) is 60.8 Å². The zero-order chi connectivity index (χ0) is 18.6. The molecule has 0 fully saturated rings. The third kappa shape index (κ3) is 4.19. The fraction of sp³-hybridized carbons (Fsp3) is 0.0588. The summed E-state index contributed by atoms with van der Waals surface area (Å²) >= 11 is 0. The summed E-state index contributed by atoms with van der Waals surface area (Å²) < 4.78 is 32.5. The summed E-state index contributed by atoms with van der Waals surface area (Å²) in [5.41, 5.74) is 6.68. The summed E-state index contributed by atoms with van der Waals surface area (Å²) in [7, 11) is -2.15. The highest BCUT2D eigenvalue weighted by molar-refractivity contribution is 7.92. The second kappa shape index (κ2) is 7.28. The number of aromatic nitrogens is 2. The van der Waals surface area contributed by atoms with Crippen molar-refractivity contribution in [2.24, 2.45) is 0 Å². The molecule has 1 aromatic heterocycles. The van der Waals surface area contributed by atoms with Crippen LogP contribution in [0.2, 0.25) is 0 Å². The SMILES string of the molecule is COc1ccc(NS(=O)(=O)c2ccc(Nc3nccc(N)n3)cc2)cc1. The van der Waals surface area contributed by atoms with Gasteiger partial charge in [-0.1, -0.05) is 0 Å². The molecule has 0 aliphatic carbocycles. The number of nitrogens with zero attached hydrogens (tertiary/aromatic N) is 2. The normalized spacial score (nSPS) is 11.0. The molecule has 0 aliphatic heterocycles. The Kier molecular flexibility index (Phi) is 4.90. The molecule has 0 atom stereocenters. The number of ether oxygens (including phenoxy) is 1. The predicted octanol–water partition coefficient (Wildman–Crippen LogP) is 2.61. The molecule has 26 heavy (non-hydrogen) atoms. The standard InChI is InChI=1S/C17H17N5O3S/c1-25-14-6-2-13(3-7-14)22-26(23,24)15-8-4-12(5-9-15)20-17-19-11-10-16(18)21-17/h2-11,22H,1H3,(H3,18,19,20,21). The lowest BCUT2D eigenvalue weighted by molar-refractivity contribution is 0.415. The van der Waals surface area contributed by atoms with E-state index >= 15 is 0 Å². The average Bonchev–Trinajstić information content (AvgIpc) is 2.62. The summed E-state index contributed by atoms with van der Waals surface area (Å²) in [4.78, 5) is 8.19. The molecule has 9 heteroatoms. The maximum absolute atomic E-state index is 12.5. The van der Waals surface area contributed by atoms with Crippen LogP contribution in [0, 0.1) is 0 Å². The van der Waals surface area contributed by atoms with Crippen molar-refractivity contribution in [1.82, 2.24) is 9.97 Å². The molecule has 0 saturated carbocycles. The van der Waals surface area contributed by atoms with Gasteiger partial charge in [-0.25, -0.2) is 13.4 Å². The first kappa shape index (κ1) is 17.5. The number of hydrogen-bond acceptors (Lipinski definition) is 7. The van der Waals surface area contributed by atoms with Crippen LogP contribution in [-0.2, 0) is 10.0 Å². The third-order valence-electron chi connectivity index (χ3n) is 3.44. The Morgan fingerprint density at radius 2 is 1.62 bits per heavy atom. The van der Waals surface area contributed by atoms with Gasteiger partial charge in [0.15, 0.2) is 0 Å². The van der Waals surface area contributed by atoms with Crippen molar-refractivity contribution in [2.75, 3.05) is 22.9 Å². The van der Waals surface area contributed by atoms with E-state index in [0.29, 0.717) is 28.9 Å². The molecule has 134 valence electrons. The van der Waals surface area contributed by atoms with E-state index in [9.17, 15) is 8.42 Å². The van der Waals surface area contributed by atoms with Gasteiger partial charge in [0.05, 0.1) is 12.0 Å². The zero-order valence-electron chi connectivity index (χ0n) is 13.9. The smallest absolute Gasteiger partial charge is 0.261 e. The molecule has 2 aromatic carbocycles. The van der Waals surface area contributed by atoms with Crippen LogP contribution in [0.3, 0.4) is 0 Å². The minimum Gasteiger partial charge on any atom is -0.497 e. The van der Waals surface area contributed by atoms with Gasteiger partial charge in [-0.15, -0.1) is 0 Å². The first-order chi connectivity index (χ1) is 12.5. The molecule has 0 spiro atoms. The number of nitrogens with two attached hydrogens (primary N) is 1. The number of nitrogens with one attached hydrogen (secondary N) is 2. The Morgan fingerprint density at radius 3 is 2.23 bits per heavy atom. The van der Waals surface area contributed by atoms with E-state index in [1.165, 1.54) is 18.3 Å². The number of sulfonamides is 1. The molecule has 4 N–H and O–H groups in total. The van der Waals surface area contributed by atoms with Crippen LogP contribution in [0.15, 0.2) is 65.7 Å². The number of rotatable bonds is 6. The molecule has 0 radical (unpaired) electrons. The fourth-order valence-electron chi connectivity index (χ4n) is 2.15. The number of benzene rings is 2. The van der Waals surface area contributed by atoms with Crippen molar-refractivity contribution >= 4 is 33.2 Å². The third-order valence-corrected chi connectivity index (χ3v) is 4.84. The highest BCUT2D eigenvalue weighted by atomic mass is 32.2. The van der Waals surface area contributed by atoms with E-state index in [4.69, 9.17) is 10.5 Å². The van der Waals surface area contributed by atoms with Crippen LogP contribution in [0.5, 0.6) is 5.75 Å². The van der Waals surface area contributed by atoms with Gasteiger partial charge in [-0.2, -0.15) is 4.98 Å². The molecule has 0 bridgehead atoms. The van der Waals surface area contributed by atoms with E-state index in [0.717, 1.165) is 0 Å². The van der Waals surface area contributed by atoms with Crippen molar-refractivity contribution in [3.63, 3.8) is 0 Å². The maximum atomic E-state index is 12.5. The largest absolute Gasteiger partial charge is 0.497 e. The summed E-state index contributed by atoms with van der Waals surface area (Å²) in [6, 6.07) is 14.4. The second-order valence-electron chi connectivity index (χ2n) is 5.29. The average molecular weight is 371 g/mol. The van der Waals surface area contributed by atoms with Gasteiger partial charge in [-0.05, 0) is 54.6 Å². The van der Waals surface area contributed by atoms with E-state index in [1.54, 1.807) is 49.6 Å². The van der Waals surface area contributed by atoms with Crippen LogP contribution in [0.4, 0.5) is 23.1 Å². The van der Waals surface area contributed by atoms with Crippen LogP contribution in [0.25, 0.3) is 0 Å². The lowest BCUT2D eigenvalue weighted by Gasteiger charge is -2.10. The Labute approximate surface area is 151 Å². The van der Waals surface area contributed by atoms with E-state index in [-0.39, 0.29) is 4.90 Å². The molecule has 0 amide bonds. The molecule has 3 rings (SSSR count). The quantitative estimate of drug-likeness (QED) is 0.609. The van der Waals surface area contributed by atoms with Crippen molar-refractivity contribution in [3.8, 4) is 5.75 Å². The highest BCUT2D eigenvalue weighted by Gasteiger charge is 2.14. The first-order valence-corrected chi connectivity index (χ1v) is 9.07. The molecule has 0 unspecified atom stereocenters. The van der Waals surface area contributed by atoms with Gasteiger partial charge in [0.1, 0.15) is 11.6 Å². The van der Waals surface area contributed by atoms with Crippen LogP contribution in [0.1, 0.15) is 0 Å². The molecule has 3 aromatic rings. The second-order valence-corrected chi connectivity index (χ2v) is 6.97. The van der Waals surface area contributed by atoms with Gasteiger partial charge in [-0.3, -0.25) is 4.72 Å². The molecular formula is C17H17N5O3S. The van der Waals surface area contributed by atoms with E-state index in [1.807, 2.05) is 0 Å². The number of anilines is 4. The van der Waals surface area contributed by atoms with E-state index in [2.05, 4.69) is 20.0 Å². The number of nitrogen functional groups attached to an aromatic ring is 1. The number of methoxy groups -OCH3 is 1. The lowest BCUT2D eigenvalue weighted by Crippen LogP contribution is -2.12. The van der Waals surface area contributed by atoms with Crippen molar-refractivity contribution < 1.29 is 13.2 Å². The minimum atomic E-state index is -3.70. The summed E-state index contributed by atoms with van der Waals surface area (Å²) in [6.07, 6.45) is 1.53. The van der Waals surface area contributed by atoms with Gasteiger partial charge in [0.25, 0.3) is 10.0 Å². The zero-order valence-corrected chi connectivity index (χ0v) is 14.7. The monoisotopic (exact) mass is 371 g/mol. The predicted molar refractivity (Wildman–Crippen MR) is 100.0 cm³/mol. The molecule has 1 heterocycles. The summed E-state index contributed by atoms with van der Waals surface area (Å²) in [5, 5.41) is 2.95. The van der Waals surface area contributed by atoms with Gasteiger partial charge in [0, 0.05) is 17.6 Å². The molecule has 8 nitrogen and oxygen atoms in total. The number of hydrogen-bond donors (Lipinski definition) is 3. The molecule has 0 saturated heterocycles. The maximum Gasteiger partial charge on any atom is 0.261 e. The van der Waals surface area contributed by atoms with Crippen LogP contribution >= 0.6 is 0 Å². The van der Waals surface area contributed by atoms with Crippen LogP contribution < -0.4 is 20.5 Å². The lowest BCUT2D eigenvalue weighted by atomic mass is 10.3. The Bertz CT molecular complexity index is 990. The highest BCUT2D eigenvalue weighted by Crippen LogP contribution is 2.21. The Hall–Kier alpha value is -3.33. The summed E-state index contributed by atoms with van der Waals surface area (Å²) in [6.45, 7) is 0. The Balaban J connectivity index is 1.73. The van der Waals surface area contributed by atoms with E-state index < -0.39 is 10.0 Å². The van der Waals surface area contributed by atoms with Gasteiger partial charge < -0.3 is 15.8 Å². The summed E-state index contributed by atoms with van der Waals surface area (Å²) in [5.74, 6) is 1.31. The van der Waals surface area contributed by atoms with Gasteiger partial charge in [0.2, 0.25) is 5.95 Å². The fourth-order valence-corrected chi connectivity index (χ4v) is 3.21. The van der Waals surface area contributed by atoms with Gasteiger partial charge >= 0.3 is 0 Å². The topological polar surface area (TPSA) is 119 Å². The molecular weight excluding hydrogens is 354 g/mol. The van der Waals surface area contributed by atoms with Crippen molar-refractivity contribution in [2.45, 2.75) is 4.90 Å². The van der Waals surface area contributed by atoms with Crippen LogP contribution in [-0.4, -0.2) is 25.5 Å². The first-order valence-electron chi connectivity index (χ1n) is 7.59. The van der Waals surface area contributed by atoms with Crippen molar-refractivity contribution in [1.29, 1.82) is 0 Å². The molecule has 0 aliphatic rings.